The second kappa shape index (κ2) is 8.70. The lowest BCUT2D eigenvalue weighted by Crippen LogP contribution is -2.24. The number of alkyl carbamates (subject to hydrolysis) is 1. The van der Waals surface area contributed by atoms with Crippen molar-refractivity contribution in [2.24, 2.45) is 5.73 Å². The predicted octanol–water partition coefficient (Wildman–Crippen LogP) is 3.26. The van der Waals surface area contributed by atoms with E-state index in [9.17, 15) is 4.79 Å². The Morgan fingerprint density at radius 1 is 1.13 bits per heavy atom. The zero-order chi connectivity index (χ0) is 16.5. The van der Waals surface area contributed by atoms with E-state index in [1.54, 1.807) is 0 Å². The van der Waals surface area contributed by atoms with Crippen molar-refractivity contribution in [3.05, 3.63) is 77.4 Å². The van der Waals surface area contributed by atoms with E-state index in [2.05, 4.69) is 5.32 Å². The van der Waals surface area contributed by atoms with Gasteiger partial charge in [0, 0.05) is 12.1 Å². The first-order valence-corrected chi connectivity index (χ1v) is 7.57. The summed E-state index contributed by atoms with van der Waals surface area (Å²) in [7, 11) is 0. The Balaban J connectivity index is 1.71. The Morgan fingerprint density at radius 3 is 2.48 bits per heavy atom. The van der Waals surface area contributed by atoms with Gasteiger partial charge in [0.05, 0.1) is 0 Å². The molecule has 2 aromatic rings. The molecule has 0 saturated heterocycles. The van der Waals surface area contributed by atoms with Gasteiger partial charge < -0.3 is 15.8 Å². The molecule has 0 atom stereocenters. The Hall–Kier alpha value is -2.66. The number of hydrogen-bond donors (Lipinski definition) is 2. The smallest absolute Gasteiger partial charge is 0.407 e. The van der Waals surface area contributed by atoms with E-state index in [1.165, 1.54) is 0 Å². The fraction of sp³-hybridized carbons (Fsp3) is 0.111. The normalized spacial score (nSPS) is 10.4. The van der Waals surface area contributed by atoms with Crippen LogP contribution in [0.5, 0.6) is 0 Å². The van der Waals surface area contributed by atoms with E-state index >= 15 is 0 Å². The van der Waals surface area contributed by atoms with Gasteiger partial charge in [0.2, 0.25) is 0 Å². The van der Waals surface area contributed by atoms with E-state index in [0.29, 0.717) is 11.5 Å². The summed E-state index contributed by atoms with van der Waals surface area (Å²) in [5.74, 6) is 0. The molecule has 3 N–H and O–H groups in total. The highest BCUT2D eigenvalue weighted by atomic mass is 32.1. The van der Waals surface area contributed by atoms with Crippen LogP contribution in [-0.4, -0.2) is 17.6 Å². The molecule has 0 aliphatic carbocycles. The van der Waals surface area contributed by atoms with Crippen LogP contribution in [0.3, 0.4) is 0 Å². The summed E-state index contributed by atoms with van der Waals surface area (Å²) < 4.78 is 5.11. The molecule has 2 rings (SSSR count). The quantitative estimate of drug-likeness (QED) is 0.800. The van der Waals surface area contributed by atoms with Crippen molar-refractivity contribution in [3.63, 3.8) is 0 Å². The molecule has 118 valence electrons. The molecule has 0 saturated carbocycles. The summed E-state index contributed by atoms with van der Waals surface area (Å²) in [4.78, 5) is 11.9. The Kier molecular flexibility index (Phi) is 6.32. The first-order chi connectivity index (χ1) is 11.1. The molecular weight excluding hydrogens is 308 g/mol. The zero-order valence-electron chi connectivity index (χ0n) is 12.6. The summed E-state index contributed by atoms with van der Waals surface area (Å²) in [5.41, 5.74) is 8.33. The van der Waals surface area contributed by atoms with Gasteiger partial charge in [-0.15, -0.1) is 0 Å². The minimum Gasteiger partial charge on any atom is -0.445 e. The standard InChI is InChI=1S/C18H18N2O2S/c19-17(23)16-10-8-14(9-11-16)7-4-12-20-18(21)22-13-15-5-2-1-3-6-15/h1-11H,12-13H2,(H2,19,23)(H,20,21). The van der Waals surface area contributed by atoms with Crippen molar-refractivity contribution >= 4 is 29.4 Å². The monoisotopic (exact) mass is 326 g/mol. The third-order valence-corrected chi connectivity index (χ3v) is 3.32. The Labute approximate surface area is 141 Å². The maximum absolute atomic E-state index is 11.6. The summed E-state index contributed by atoms with van der Waals surface area (Å²) in [6.45, 7) is 0.654. The minimum absolute atomic E-state index is 0.261. The van der Waals surface area contributed by atoms with E-state index in [4.69, 9.17) is 22.7 Å². The zero-order valence-corrected chi connectivity index (χ0v) is 13.4. The summed E-state index contributed by atoms with van der Waals surface area (Å²) in [6, 6.07) is 17.1. The van der Waals surface area contributed by atoms with Crippen LogP contribution in [0.25, 0.3) is 6.08 Å². The number of nitrogens with two attached hydrogens (primary N) is 1. The van der Waals surface area contributed by atoms with Crippen molar-refractivity contribution in [1.29, 1.82) is 0 Å². The molecule has 0 aliphatic heterocycles. The van der Waals surface area contributed by atoms with E-state index in [1.807, 2.05) is 66.7 Å². The SMILES string of the molecule is NC(=S)c1ccc(C=CCNC(=O)OCc2ccccc2)cc1. The molecule has 0 spiro atoms. The average molecular weight is 326 g/mol. The van der Waals surface area contributed by atoms with Crippen molar-refractivity contribution < 1.29 is 9.53 Å². The highest BCUT2D eigenvalue weighted by Gasteiger charge is 2.00. The highest BCUT2D eigenvalue weighted by Crippen LogP contribution is 2.06. The number of thiocarbonyl (C=S) groups is 1. The number of carbonyl (C=O) groups excluding carboxylic acids is 1. The molecule has 23 heavy (non-hydrogen) atoms. The van der Waals surface area contributed by atoms with Gasteiger partial charge in [-0.3, -0.25) is 0 Å². The molecule has 0 aliphatic rings. The van der Waals surface area contributed by atoms with Crippen LogP contribution >= 0.6 is 12.2 Å². The molecule has 0 fully saturated rings. The van der Waals surface area contributed by atoms with Crippen LogP contribution in [0.4, 0.5) is 4.79 Å². The number of benzene rings is 2. The van der Waals surface area contributed by atoms with Gasteiger partial charge >= 0.3 is 6.09 Å². The van der Waals surface area contributed by atoms with Crippen LogP contribution < -0.4 is 11.1 Å². The fourth-order valence-corrected chi connectivity index (χ4v) is 2.01. The fourth-order valence-electron chi connectivity index (χ4n) is 1.87. The molecule has 0 radical (unpaired) electrons. The van der Waals surface area contributed by atoms with Gasteiger partial charge in [-0.25, -0.2) is 4.79 Å². The van der Waals surface area contributed by atoms with Gasteiger partial charge in [-0.05, 0) is 11.1 Å². The van der Waals surface area contributed by atoms with Gasteiger partial charge in [-0.2, -0.15) is 0 Å². The Bertz CT molecular complexity index is 682. The van der Waals surface area contributed by atoms with E-state index in [-0.39, 0.29) is 6.61 Å². The van der Waals surface area contributed by atoms with Gasteiger partial charge in [0.25, 0.3) is 0 Å². The number of nitrogens with one attached hydrogen (secondary N) is 1. The molecule has 0 bridgehead atoms. The first-order valence-electron chi connectivity index (χ1n) is 7.16. The van der Waals surface area contributed by atoms with E-state index in [0.717, 1.165) is 16.7 Å². The maximum atomic E-state index is 11.6. The van der Waals surface area contributed by atoms with Gasteiger partial charge in [-0.1, -0.05) is 79.0 Å². The topological polar surface area (TPSA) is 64.3 Å². The third-order valence-electron chi connectivity index (χ3n) is 3.08. The molecule has 1 amide bonds. The van der Waals surface area contributed by atoms with Crippen LogP contribution in [0, 0.1) is 0 Å². The number of hydrogen-bond acceptors (Lipinski definition) is 3. The van der Waals surface area contributed by atoms with E-state index < -0.39 is 6.09 Å². The average Bonchev–Trinajstić information content (AvgIpc) is 2.58. The molecule has 0 aromatic heterocycles. The number of rotatable bonds is 6. The van der Waals surface area contributed by atoms with Crippen LogP contribution in [0.15, 0.2) is 60.7 Å². The van der Waals surface area contributed by atoms with Crippen LogP contribution in [-0.2, 0) is 11.3 Å². The molecular formula is C18H18N2O2S. The molecule has 0 unspecified atom stereocenters. The van der Waals surface area contributed by atoms with Crippen molar-refractivity contribution in [3.8, 4) is 0 Å². The third kappa shape index (κ3) is 5.92. The van der Waals surface area contributed by atoms with Gasteiger partial charge in [0.15, 0.2) is 0 Å². The molecule has 4 nitrogen and oxygen atoms in total. The lowest BCUT2D eigenvalue weighted by molar-refractivity contribution is 0.141. The predicted molar refractivity (Wildman–Crippen MR) is 96.0 cm³/mol. The van der Waals surface area contributed by atoms with Gasteiger partial charge in [0.1, 0.15) is 11.6 Å². The van der Waals surface area contributed by atoms with Crippen molar-refractivity contribution in [2.45, 2.75) is 6.61 Å². The molecule has 0 heterocycles. The summed E-state index contributed by atoms with van der Waals surface area (Å²) in [6.07, 6.45) is 3.31. The molecule has 2 aromatic carbocycles. The lowest BCUT2D eigenvalue weighted by Gasteiger charge is -2.05. The highest BCUT2D eigenvalue weighted by molar-refractivity contribution is 7.80. The second-order valence-corrected chi connectivity index (χ2v) is 5.27. The Morgan fingerprint density at radius 2 is 1.83 bits per heavy atom. The second-order valence-electron chi connectivity index (χ2n) is 4.83. The van der Waals surface area contributed by atoms with Crippen molar-refractivity contribution in [1.82, 2.24) is 5.32 Å². The van der Waals surface area contributed by atoms with Crippen LogP contribution in [0.2, 0.25) is 0 Å². The van der Waals surface area contributed by atoms with Crippen LogP contribution in [0.1, 0.15) is 16.7 Å². The minimum atomic E-state index is -0.442. The van der Waals surface area contributed by atoms with Crippen molar-refractivity contribution in [2.75, 3.05) is 6.54 Å². The number of ether oxygens (including phenoxy) is 1. The first kappa shape index (κ1) is 16.7. The summed E-state index contributed by atoms with van der Waals surface area (Å²) >= 11 is 4.90. The number of carbonyl (C=O) groups is 1. The maximum Gasteiger partial charge on any atom is 0.407 e. The largest absolute Gasteiger partial charge is 0.445 e. The lowest BCUT2D eigenvalue weighted by atomic mass is 10.1. The molecule has 5 heteroatoms. The number of amides is 1. The summed E-state index contributed by atoms with van der Waals surface area (Å²) in [5, 5.41) is 2.66.